The zero-order valence-electron chi connectivity index (χ0n) is 12.8. The Kier molecular flexibility index (Phi) is 4.90. The van der Waals surface area contributed by atoms with Crippen LogP contribution in [0.25, 0.3) is 0 Å². The van der Waals surface area contributed by atoms with Gasteiger partial charge in [0, 0.05) is 12.3 Å². The summed E-state index contributed by atoms with van der Waals surface area (Å²) in [6.45, 7) is 0. The first-order valence-corrected chi connectivity index (χ1v) is 7.99. The molecule has 0 spiro atoms. The SMILES string of the molecule is O=C(O)C1Cc2cc(Cl)c(Oc3cccnc3Cl)cc2OC1C(F)(F)F. The number of carboxylic acids is 1. The topological polar surface area (TPSA) is 68.7 Å². The van der Waals surface area contributed by atoms with E-state index >= 15 is 0 Å². The number of aliphatic carboxylic acids is 1. The van der Waals surface area contributed by atoms with E-state index in [1.807, 2.05) is 0 Å². The van der Waals surface area contributed by atoms with E-state index in [1.165, 1.54) is 24.4 Å². The molecular formula is C16H10Cl2F3NO4. The van der Waals surface area contributed by atoms with Crippen molar-refractivity contribution in [3.8, 4) is 17.2 Å². The van der Waals surface area contributed by atoms with Crippen molar-refractivity contribution in [2.75, 3.05) is 0 Å². The molecule has 3 rings (SSSR count). The van der Waals surface area contributed by atoms with Crippen molar-refractivity contribution in [3.05, 3.63) is 46.2 Å². The predicted molar refractivity (Wildman–Crippen MR) is 86.1 cm³/mol. The minimum Gasteiger partial charge on any atom is -0.481 e. The fourth-order valence-corrected chi connectivity index (χ4v) is 2.95. The van der Waals surface area contributed by atoms with Gasteiger partial charge in [0.2, 0.25) is 6.10 Å². The highest BCUT2D eigenvalue weighted by atomic mass is 35.5. The average Bonchev–Trinajstić information content (AvgIpc) is 2.55. The molecule has 2 unspecified atom stereocenters. The Morgan fingerprint density at radius 1 is 1.31 bits per heavy atom. The number of benzene rings is 1. The smallest absolute Gasteiger partial charge is 0.426 e. The molecule has 2 aromatic rings. The van der Waals surface area contributed by atoms with E-state index in [0.717, 1.165) is 0 Å². The van der Waals surface area contributed by atoms with Gasteiger partial charge >= 0.3 is 12.1 Å². The van der Waals surface area contributed by atoms with E-state index in [9.17, 15) is 18.0 Å². The van der Waals surface area contributed by atoms with E-state index in [1.54, 1.807) is 6.07 Å². The zero-order chi connectivity index (χ0) is 19.1. The first kappa shape index (κ1) is 18.6. The molecule has 1 aliphatic heterocycles. The second kappa shape index (κ2) is 6.85. The van der Waals surface area contributed by atoms with Crippen LogP contribution in [0.3, 0.4) is 0 Å². The third-order valence-electron chi connectivity index (χ3n) is 3.76. The molecule has 0 amide bonds. The van der Waals surface area contributed by atoms with E-state index in [0.29, 0.717) is 0 Å². The number of alkyl halides is 3. The highest BCUT2D eigenvalue weighted by Gasteiger charge is 2.52. The van der Waals surface area contributed by atoms with Crippen LogP contribution in [0.4, 0.5) is 13.2 Å². The Bertz CT molecular complexity index is 860. The van der Waals surface area contributed by atoms with Gasteiger partial charge in [0.25, 0.3) is 0 Å². The molecule has 1 aliphatic rings. The van der Waals surface area contributed by atoms with Crippen LogP contribution in [0, 0.1) is 5.92 Å². The minimum atomic E-state index is -4.84. The molecule has 1 aromatic carbocycles. The number of hydrogen-bond donors (Lipinski definition) is 1. The van der Waals surface area contributed by atoms with Gasteiger partial charge in [-0.2, -0.15) is 13.2 Å². The molecule has 1 N–H and O–H groups in total. The molecule has 1 aromatic heterocycles. The van der Waals surface area contributed by atoms with Crippen LogP contribution in [0.5, 0.6) is 17.2 Å². The van der Waals surface area contributed by atoms with Crippen LogP contribution < -0.4 is 9.47 Å². The lowest BCUT2D eigenvalue weighted by molar-refractivity contribution is -0.217. The van der Waals surface area contributed by atoms with Crippen molar-refractivity contribution in [1.29, 1.82) is 0 Å². The van der Waals surface area contributed by atoms with Crippen LogP contribution in [0.2, 0.25) is 10.2 Å². The van der Waals surface area contributed by atoms with Crippen LogP contribution in [0.15, 0.2) is 30.5 Å². The quantitative estimate of drug-likeness (QED) is 0.743. The average molecular weight is 408 g/mol. The Balaban J connectivity index is 1.97. The summed E-state index contributed by atoms with van der Waals surface area (Å²) in [5.41, 5.74) is 0.243. The van der Waals surface area contributed by atoms with Crippen molar-refractivity contribution in [2.45, 2.75) is 18.7 Å². The third kappa shape index (κ3) is 3.66. The molecule has 0 aliphatic carbocycles. The number of ether oxygens (including phenoxy) is 2. The van der Waals surface area contributed by atoms with Crippen LogP contribution in [0.1, 0.15) is 5.56 Å². The molecule has 2 heterocycles. The summed E-state index contributed by atoms with van der Waals surface area (Å²) in [5, 5.41) is 9.20. The molecule has 10 heteroatoms. The second-order valence-electron chi connectivity index (χ2n) is 5.51. The van der Waals surface area contributed by atoms with Gasteiger partial charge in [-0.1, -0.05) is 23.2 Å². The summed E-state index contributed by atoms with van der Waals surface area (Å²) < 4.78 is 49.9. The number of halogens is 5. The Morgan fingerprint density at radius 3 is 2.65 bits per heavy atom. The van der Waals surface area contributed by atoms with Gasteiger partial charge in [0.15, 0.2) is 10.9 Å². The van der Waals surface area contributed by atoms with Crippen molar-refractivity contribution < 1.29 is 32.5 Å². The molecule has 2 atom stereocenters. The Hall–Kier alpha value is -2.19. The third-order valence-corrected chi connectivity index (χ3v) is 4.34. The van der Waals surface area contributed by atoms with E-state index < -0.39 is 24.2 Å². The number of nitrogens with zero attached hydrogens (tertiary/aromatic N) is 1. The van der Waals surface area contributed by atoms with Gasteiger partial charge in [0.1, 0.15) is 17.4 Å². The monoisotopic (exact) mass is 407 g/mol. The molecule has 0 radical (unpaired) electrons. The van der Waals surface area contributed by atoms with Crippen LogP contribution >= 0.6 is 23.2 Å². The maximum Gasteiger partial charge on any atom is 0.426 e. The fourth-order valence-electron chi connectivity index (χ4n) is 2.56. The normalized spacial score (nSPS) is 19.4. The molecule has 0 fully saturated rings. The Labute approximate surface area is 155 Å². The molecule has 0 saturated heterocycles. The largest absolute Gasteiger partial charge is 0.481 e. The van der Waals surface area contributed by atoms with Crippen molar-refractivity contribution in [3.63, 3.8) is 0 Å². The predicted octanol–water partition coefficient (Wildman–Crippen LogP) is 4.75. The summed E-state index contributed by atoms with van der Waals surface area (Å²) in [4.78, 5) is 15.0. The number of hydrogen-bond acceptors (Lipinski definition) is 4. The standard InChI is InChI=1S/C16H10Cl2F3NO4/c17-9-5-7-4-8(15(23)24)13(16(19,20)21)26-11(7)6-12(9)25-10-2-1-3-22-14(10)18/h1-3,5-6,8,13H,4H2,(H,23,24). The lowest BCUT2D eigenvalue weighted by Crippen LogP contribution is -2.47. The first-order valence-electron chi connectivity index (χ1n) is 7.24. The minimum absolute atomic E-state index is 0.00927. The maximum atomic E-state index is 13.2. The van der Waals surface area contributed by atoms with Gasteiger partial charge in [-0.25, -0.2) is 4.98 Å². The van der Waals surface area contributed by atoms with Gasteiger partial charge in [-0.15, -0.1) is 0 Å². The first-order chi connectivity index (χ1) is 12.2. The Morgan fingerprint density at radius 2 is 2.04 bits per heavy atom. The van der Waals surface area contributed by atoms with Crippen LogP contribution in [-0.2, 0) is 11.2 Å². The lowest BCUT2D eigenvalue weighted by atomic mass is 9.90. The molecule has 0 saturated carbocycles. The summed E-state index contributed by atoms with van der Waals surface area (Å²) in [6.07, 6.45) is -6.24. The van der Waals surface area contributed by atoms with Crippen molar-refractivity contribution >= 4 is 29.2 Å². The number of fused-ring (bicyclic) bond motifs is 1. The fraction of sp³-hybridized carbons (Fsp3) is 0.250. The van der Waals surface area contributed by atoms with Crippen molar-refractivity contribution in [2.24, 2.45) is 5.92 Å². The molecule has 26 heavy (non-hydrogen) atoms. The second-order valence-corrected chi connectivity index (χ2v) is 6.28. The van der Waals surface area contributed by atoms with E-state index in [-0.39, 0.29) is 39.4 Å². The van der Waals surface area contributed by atoms with Gasteiger partial charge in [0.05, 0.1) is 5.02 Å². The highest BCUT2D eigenvalue weighted by molar-refractivity contribution is 6.32. The zero-order valence-corrected chi connectivity index (χ0v) is 14.3. The summed E-state index contributed by atoms with van der Waals surface area (Å²) in [5.74, 6) is -3.35. The van der Waals surface area contributed by atoms with E-state index in [4.69, 9.17) is 37.8 Å². The molecule has 5 nitrogen and oxygen atoms in total. The van der Waals surface area contributed by atoms with Crippen LogP contribution in [-0.4, -0.2) is 28.3 Å². The number of rotatable bonds is 3. The van der Waals surface area contributed by atoms with Gasteiger partial charge < -0.3 is 14.6 Å². The number of aromatic nitrogens is 1. The number of carbonyl (C=O) groups is 1. The number of carboxylic acid groups (broad SMARTS) is 1. The molecular weight excluding hydrogens is 398 g/mol. The van der Waals surface area contributed by atoms with Gasteiger partial charge in [-0.3, -0.25) is 4.79 Å². The maximum absolute atomic E-state index is 13.2. The van der Waals surface area contributed by atoms with E-state index in [2.05, 4.69) is 4.98 Å². The number of pyridine rings is 1. The lowest BCUT2D eigenvalue weighted by Gasteiger charge is -2.32. The molecule has 0 bridgehead atoms. The molecule has 138 valence electrons. The summed E-state index contributed by atoms with van der Waals surface area (Å²) in [7, 11) is 0. The highest BCUT2D eigenvalue weighted by Crippen LogP contribution is 2.43. The summed E-state index contributed by atoms with van der Waals surface area (Å²) >= 11 is 12.0. The summed E-state index contributed by atoms with van der Waals surface area (Å²) in [6, 6.07) is 5.56. The van der Waals surface area contributed by atoms with Crippen molar-refractivity contribution in [1.82, 2.24) is 4.98 Å². The van der Waals surface area contributed by atoms with Gasteiger partial charge in [-0.05, 0) is 30.2 Å².